The maximum atomic E-state index is 5.77. The van der Waals surface area contributed by atoms with Gasteiger partial charge in [0.1, 0.15) is 5.75 Å². The summed E-state index contributed by atoms with van der Waals surface area (Å²) in [5.41, 5.74) is 3.82. The highest BCUT2D eigenvalue weighted by atomic mass is 32.1. The summed E-state index contributed by atoms with van der Waals surface area (Å²) in [4.78, 5) is 6.81. The van der Waals surface area contributed by atoms with Gasteiger partial charge in [-0.1, -0.05) is 47.6 Å². The monoisotopic (exact) mass is 464 g/mol. The largest absolute Gasteiger partial charge is 0.494 e. The van der Waals surface area contributed by atoms with Gasteiger partial charge in [0.2, 0.25) is 5.82 Å². The minimum Gasteiger partial charge on any atom is -0.494 e. The lowest BCUT2D eigenvalue weighted by Gasteiger charge is -2.37. The van der Waals surface area contributed by atoms with E-state index in [1.165, 1.54) is 0 Å². The van der Waals surface area contributed by atoms with E-state index in [1.807, 2.05) is 68.4 Å². The minimum absolute atomic E-state index is 0.226. The molecule has 0 fully saturated rings. The van der Waals surface area contributed by atoms with E-state index in [2.05, 4.69) is 15.4 Å². The molecule has 1 aliphatic rings. The van der Waals surface area contributed by atoms with Crippen molar-refractivity contribution in [2.45, 2.75) is 26.3 Å². The number of thiocarbonyl (C=S) groups is 1. The second kappa shape index (κ2) is 10.6. The first-order valence-electron chi connectivity index (χ1n) is 11.0. The molecule has 0 bridgehead atoms. The summed E-state index contributed by atoms with van der Waals surface area (Å²) in [7, 11) is 1.70. The minimum atomic E-state index is -0.226. The second-order valence-corrected chi connectivity index (χ2v) is 8.06. The van der Waals surface area contributed by atoms with Crippen molar-refractivity contribution >= 4 is 22.9 Å². The first-order valence-corrected chi connectivity index (χ1v) is 11.4. The Hall–Kier alpha value is -3.23. The first kappa shape index (κ1) is 22.9. The molecule has 0 saturated carbocycles. The molecule has 0 radical (unpaired) electrons. The van der Waals surface area contributed by atoms with Crippen LogP contribution in [0, 0.1) is 0 Å². The molecule has 1 atom stereocenters. The van der Waals surface area contributed by atoms with Gasteiger partial charge in [-0.2, -0.15) is 4.98 Å². The van der Waals surface area contributed by atoms with E-state index in [0.29, 0.717) is 30.0 Å². The molecule has 1 aliphatic heterocycles. The molecule has 7 nitrogen and oxygen atoms in total. The van der Waals surface area contributed by atoms with Gasteiger partial charge in [-0.15, -0.1) is 0 Å². The van der Waals surface area contributed by atoms with E-state index in [-0.39, 0.29) is 6.04 Å². The Bertz CT molecular complexity index is 1110. The van der Waals surface area contributed by atoms with Gasteiger partial charge in [-0.3, -0.25) is 0 Å². The lowest BCUT2D eigenvalue weighted by molar-refractivity contribution is 0.188. The Morgan fingerprint density at radius 3 is 2.58 bits per heavy atom. The molecule has 172 valence electrons. The standard InChI is InChI=1S/C25H28N4O3S/c1-4-31-20-13-11-18(12-14-20)22-21(17(2)29(25(33)26-22)15-8-16-30-3)24-27-23(28-32-24)19-9-6-5-7-10-19/h5-7,9-14,22H,4,8,15-16H2,1-3H3,(H,26,33). The van der Waals surface area contributed by atoms with Gasteiger partial charge in [0.25, 0.3) is 5.89 Å². The number of hydrogen-bond acceptors (Lipinski definition) is 6. The van der Waals surface area contributed by atoms with Gasteiger partial charge >= 0.3 is 0 Å². The van der Waals surface area contributed by atoms with E-state index in [9.17, 15) is 0 Å². The quantitative estimate of drug-likeness (QED) is 0.356. The summed E-state index contributed by atoms with van der Waals surface area (Å²) in [6, 6.07) is 17.6. The zero-order chi connectivity index (χ0) is 23.2. The molecule has 1 unspecified atom stereocenters. The summed E-state index contributed by atoms with van der Waals surface area (Å²) >= 11 is 5.73. The van der Waals surface area contributed by atoms with Crippen LogP contribution in [0.5, 0.6) is 5.75 Å². The molecule has 33 heavy (non-hydrogen) atoms. The average molecular weight is 465 g/mol. The Balaban J connectivity index is 1.74. The van der Waals surface area contributed by atoms with Crippen molar-refractivity contribution in [3.8, 4) is 17.1 Å². The summed E-state index contributed by atoms with van der Waals surface area (Å²) < 4.78 is 16.6. The molecule has 0 spiro atoms. The van der Waals surface area contributed by atoms with Gasteiger partial charge < -0.3 is 24.2 Å². The van der Waals surface area contributed by atoms with Crippen LogP contribution in [0.4, 0.5) is 0 Å². The molecule has 3 aromatic rings. The summed E-state index contributed by atoms with van der Waals surface area (Å²) in [5, 5.41) is 8.38. The molecule has 2 heterocycles. The molecule has 0 aliphatic carbocycles. The third-order valence-corrected chi connectivity index (χ3v) is 5.88. The van der Waals surface area contributed by atoms with Crippen LogP contribution in [0.1, 0.15) is 37.8 Å². The van der Waals surface area contributed by atoms with Gasteiger partial charge in [0.15, 0.2) is 5.11 Å². The number of nitrogens with zero attached hydrogens (tertiary/aromatic N) is 3. The number of hydrogen-bond donors (Lipinski definition) is 1. The summed E-state index contributed by atoms with van der Waals surface area (Å²) in [6.45, 7) is 6.02. The van der Waals surface area contributed by atoms with Crippen molar-refractivity contribution in [1.82, 2.24) is 20.4 Å². The third-order valence-electron chi connectivity index (χ3n) is 5.54. The predicted molar refractivity (Wildman–Crippen MR) is 132 cm³/mol. The number of benzene rings is 2. The van der Waals surface area contributed by atoms with Crippen molar-refractivity contribution in [3.05, 3.63) is 71.7 Å². The molecule has 1 N–H and O–H groups in total. The van der Waals surface area contributed by atoms with Crippen molar-refractivity contribution in [2.75, 3.05) is 26.9 Å². The smallest absolute Gasteiger partial charge is 0.258 e. The van der Waals surface area contributed by atoms with Crippen LogP contribution in [0.3, 0.4) is 0 Å². The van der Waals surface area contributed by atoms with E-state index in [1.54, 1.807) is 7.11 Å². The number of aromatic nitrogens is 2. The molecule has 0 saturated heterocycles. The second-order valence-electron chi connectivity index (χ2n) is 7.67. The molecular formula is C25H28N4O3S. The molecule has 8 heteroatoms. The zero-order valence-electron chi connectivity index (χ0n) is 19.1. The molecule has 1 aromatic heterocycles. The first-order chi connectivity index (χ1) is 16.1. The molecular weight excluding hydrogens is 436 g/mol. The Morgan fingerprint density at radius 1 is 1.12 bits per heavy atom. The Kier molecular flexibility index (Phi) is 7.36. The average Bonchev–Trinajstić information content (AvgIpc) is 3.32. The van der Waals surface area contributed by atoms with Crippen LogP contribution in [0.2, 0.25) is 0 Å². The third kappa shape index (κ3) is 5.07. The lowest BCUT2D eigenvalue weighted by atomic mass is 9.94. The topological polar surface area (TPSA) is 72.7 Å². The van der Waals surface area contributed by atoms with Gasteiger partial charge in [0.05, 0.1) is 18.2 Å². The SMILES string of the molecule is CCOc1ccc(C2NC(=S)N(CCCOC)C(C)=C2c2nc(-c3ccccc3)no2)cc1. The number of rotatable bonds is 9. The Labute approximate surface area is 199 Å². The van der Waals surface area contributed by atoms with Crippen molar-refractivity contribution in [2.24, 2.45) is 0 Å². The normalized spacial score (nSPS) is 16.2. The maximum Gasteiger partial charge on any atom is 0.258 e. The van der Waals surface area contributed by atoms with E-state index >= 15 is 0 Å². The van der Waals surface area contributed by atoms with E-state index < -0.39 is 0 Å². The fourth-order valence-electron chi connectivity index (χ4n) is 3.91. The van der Waals surface area contributed by atoms with Crippen LogP contribution in [-0.2, 0) is 4.74 Å². The van der Waals surface area contributed by atoms with Crippen molar-refractivity contribution in [3.63, 3.8) is 0 Å². The Morgan fingerprint density at radius 2 is 1.88 bits per heavy atom. The highest BCUT2D eigenvalue weighted by Crippen LogP contribution is 2.37. The maximum absolute atomic E-state index is 5.77. The van der Waals surface area contributed by atoms with Crippen LogP contribution in [0.25, 0.3) is 17.0 Å². The molecule has 2 aromatic carbocycles. The zero-order valence-corrected chi connectivity index (χ0v) is 19.9. The van der Waals surface area contributed by atoms with Crippen LogP contribution < -0.4 is 10.1 Å². The summed E-state index contributed by atoms with van der Waals surface area (Å²) in [6.07, 6.45) is 0.843. The van der Waals surface area contributed by atoms with Crippen LogP contribution >= 0.6 is 12.2 Å². The number of methoxy groups -OCH3 is 1. The van der Waals surface area contributed by atoms with Gasteiger partial charge in [-0.25, -0.2) is 0 Å². The van der Waals surface area contributed by atoms with E-state index in [0.717, 1.165) is 41.1 Å². The summed E-state index contributed by atoms with van der Waals surface area (Å²) in [5.74, 6) is 1.85. The molecule has 4 rings (SSSR count). The fourth-order valence-corrected chi connectivity index (χ4v) is 4.25. The van der Waals surface area contributed by atoms with Crippen LogP contribution in [-0.4, -0.2) is 47.0 Å². The predicted octanol–water partition coefficient (Wildman–Crippen LogP) is 4.83. The van der Waals surface area contributed by atoms with Crippen LogP contribution in [0.15, 0.2) is 64.8 Å². The number of nitrogens with one attached hydrogen (secondary N) is 1. The van der Waals surface area contributed by atoms with Crippen molar-refractivity contribution in [1.29, 1.82) is 0 Å². The lowest BCUT2D eigenvalue weighted by Crippen LogP contribution is -2.46. The molecule has 0 amide bonds. The number of allylic oxidation sites excluding steroid dienone is 1. The van der Waals surface area contributed by atoms with Gasteiger partial charge in [0, 0.05) is 31.5 Å². The van der Waals surface area contributed by atoms with Crippen molar-refractivity contribution < 1.29 is 14.0 Å². The highest BCUT2D eigenvalue weighted by molar-refractivity contribution is 7.80. The fraction of sp³-hybridized carbons (Fsp3) is 0.320. The number of ether oxygens (including phenoxy) is 2. The van der Waals surface area contributed by atoms with E-state index in [4.69, 9.17) is 31.2 Å². The highest BCUT2D eigenvalue weighted by Gasteiger charge is 2.33. The van der Waals surface area contributed by atoms with Gasteiger partial charge in [-0.05, 0) is 50.2 Å².